The van der Waals surface area contributed by atoms with E-state index in [1.807, 2.05) is 0 Å². The summed E-state index contributed by atoms with van der Waals surface area (Å²) >= 11 is 0. The van der Waals surface area contributed by atoms with Gasteiger partial charge in [-0.2, -0.15) is 8.78 Å². The van der Waals surface area contributed by atoms with E-state index in [0.29, 0.717) is 12.1 Å². The first kappa shape index (κ1) is 19.9. The number of methoxy groups -OCH3 is 1. The molecule has 0 aliphatic heterocycles. The maximum absolute atomic E-state index is 13.1. The summed E-state index contributed by atoms with van der Waals surface area (Å²) in [6.07, 6.45) is 1.84. The smallest absolute Gasteiger partial charge is 0.387 e. The third-order valence-corrected chi connectivity index (χ3v) is 4.40. The van der Waals surface area contributed by atoms with Gasteiger partial charge in [0, 0.05) is 19.1 Å². The first-order chi connectivity index (χ1) is 13.5. The monoisotopic (exact) mass is 394 g/mol. The molecular weight excluding hydrogens is 373 g/mol. The number of urea groups is 1. The Hall–Kier alpha value is -2.90. The quantitative estimate of drug-likeness (QED) is 0.726. The molecular formula is C20H21F3N2O3. The van der Waals surface area contributed by atoms with Crippen molar-refractivity contribution in [2.75, 3.05) is 7.11 Å². The molecule has 0 saturated heterocycles. The van der Waals surface area contributed by atoms with Gasteiger partial charge in [0.15, 0.2) is 11.5 Å². The fraction of sp³-hybridized carbons (Fsp3) is 0.350. The predicted molar refractivity (Wildman–Crippen MR) is 96.8 cm³/mol. The van der Waals surface area contributed by atoms with Crippen LogP contribution >= 0.6 is 0 Å². The Bertz CT molecular complexity index is 811. The highest BCUT2D eigenvalue weighted by atomic mass is 19.3. The number of carbonyl (C=O) groups excluding carboxylic acids is 1. The van der Waals surface area contributed by atoms with Gasteiger partial charge in [-0.15, -0.1) is 0 Å². The highest BCUT2D eigenvalue weighted by molar-refractivity contribution is 5.75. The van der Waals surface area contributed by atoms with Crippen LogP contribution in [-0.2, 0) is 13.1 Å². The molecule has 1 N–H and O–H groups in total. The molecule has 2 aromatic carbocycles. The summed E-state index contributed by atoms with van der Waals surface area (Å²) in [5, 5.41) is 2.80. The third kappa shape index (κ3) is 5.31. The van der Waals surface area contributed by atoms with Crippen molar-refractivity contribution in [2.24, 2.45) is 0 Å². The van der Waals surface area contributed by atoms with Crippen LogP contribution < -0.4 is 14.8 Å². The van der Waals surface area contributed by atoms with Gasteiger partial charge in [-0.25, -0.2) is 9.18 Å². The Morgan fingerprint density at radius 2 is 1.82 bits per heavy atom. The molecule has 0 unspecified atom stereocenters. The molecule has 0 atom stereocenters. The number of nitrogens with one attached hydrogen (secondary N) is 1. The second-order valence-electron chi connectivity index (χ2n) is 6.51. The van der Waals surface area contributed by atoms with Gasteiger partial charge in [-0.05, 0) is 48.2 Å². The maximum atomic E-state index is 13.1. The molecule has 28 heavy (non-hydrogen) atoms. The molecule has 0 radical (unpaired) electrons. The molecule has 0 bridgehead atoms. The Labute approximate surface area is 161 Å². The van der Waals surface area contributed by atoms with Crippen molar-refractivity contribution < 1.29 is 27.4 Å². The number of carbonyl (C=O) groups is 1. The Morgan fingerprint density at radius 3 is 2.43 bits per heavy atom. The summed E-state index contributed by atoms with van der Waals surface area (Å²) in [4.78, 5) is 14.3. The van der Waals surface area contributed by atoms with E-state index in [4.69, 9.17) is 4.74 Å². The highest BCUT2D eigenvalue weighted by Gasteiger charge is 2.32. The van der Waals surface area contributed by atoms with Gasteiger partial charge in [0.1, 0.15) is 5.82 Å². The van der Waals surface area contributed by atoms with E-state index < -0.39 is 6.61 Å². The molecule has 8 heteroatoms. The molecule has 0 heterocycles. The van der Waals surface area contributed by atoms with Crippen LogP contribution in [0.3, 0.4) is 0 Å². The van der Waals surface area contributed by atoms with Crippen LogP contribution in [0.15, 0.2) is 42.5 Å². The van der Waals surface area contributed by atoms with Crippen LogP contribution in [0, 0.1) is 5.82 Å². The number of halogens is 3. The zero-order valence-corrected chi connectivity index (χ0v) is 15.3. The van der Waals surface area contributed by atoms with Gasteiger partial charge in [-0.3, -0.25) is 0 Å². The second-order valence-corrected chi connectivity index (χ2v) is 6.51. The van der Waals surface area contributed by atoms with Gasteiger partial charge in [0.2, 0.25) is 0 Å². The number of hydrogen-bond acceptors (Lipinski definition) is 3. The fourth-order valence-electron chi connectivity index (χ4n) is 2.84. The van der Waals surface area contributed by atoms with Crippen LogP contribution in [0.25, 0.3) is 0 Å². The lowest BCUT2D eigenvalue weighted by Crippen LogP contribution is -2.40. The van der Waals surface area contributed by atoms with Crippen molar-refractivity contribution in [1.82, 2.24) is 10.2 Å². The van der Waals surface area contributed by atoms with Gasteiger partial charge in [0.05, 0.1) is 7.11 Å². The van der Waals surface area contributed by atoms with Crippen LogP contribution in [0.2, 0.25) is 0 Å². The summed E-state index contributed by atoms with van der Waals surface area (Å²) in [6, 6.07) is 10.5. The highest BCUT2D eigenvalue weighted by Crippen LogP contribution is 2.30. The van der Waals surface area contributed by atoms with E-state index >= 15 is 0 Å². The van der Waals surface area contributed by atoms with Crippen molar-refractivity contribution in [2.45, 2.75) is 38.6 Å². The average molecular weight is 394 g/mol. The minimum Gasteiger partial charge on any atom is -0.493 e. The molecule has 2 aromatic rings. The van der Waals surface area contributed by atoms with Gasteiger partial charge >= 0.3 is 12.6 Å². The first-order valence-electron chi connectivity index (χ1n) is 8.87. The zero-order valence-electron chi connectivity index (χ0n) is 15.3. The number of rotatable bonds is 8. The van der Waals surface area contributed by atoms with Crippen LogP contribution in [0.1, 0.15) is 24.0 Å². The fourth-order valence-corrected chi connectivity index (χ4v) is 2.84. The Kier molecular flexibility index (Phi) is 6.28. The van der Waals surface area contributed by atoms with Crippen LogP contribution in [-0.4, -0.2) is 30.7 Å². The SMILES string of the molecule is COc1ccc(CNC(=O)N(Cc2ccc(F)cc2)C2CC2)cc1OC(F)F. The first-order valence-corrected chi connectivity index (χ1v) is 8.87. The summed E-state index contributed by atoms with van der Waals surface area (Å²) in [6.45, 7) is -2.45. The topological polar surface area (TPSA) is 50.8 Å². The molecule has 1 saturated carbocycles. The number of amides is 2. The Morgan fingerprint density at radius 1 is 1.14 bits per heavy atom. The Balaban J connectivity index is 1.63. The van der Waals surface area contributed by atoms with Gasteiger partial charge in [-0.1, -0.05) is 18.2 Å². The summed E-state index contributed by atoms with van der Waals surface area (Å²) in [5.74, 6) is -0.228. The second kappa shape index (κ2) is 8.86. The largest absolute Gasteiger partial charge is 0.493 e. The van der Waals surface area contributed by atoms with E-state index in [2.05, 4.69) is 10.1 Å². The van der Waals surface area contributed by atoms with E-state index in [-0.39, 0.29) is 35.9 Å². The van der Waals surface area contributed by atoms with Crippen molar-refractivity contribution in [3.05, 3.63) is 59.4 Å². The number of nitrogens with zero attached hydrogens (tertiary/aromatic N) is 1. The van der Waals surface area contributed by atoms with E-state index in [1.54, 1.807) is 23.1 Å². The number of hydrogen-bond donors (Lipinski definition) is 1. The summed E-state index contributed by atoms with van der Waals surface area (Å²) < 4.78 is 47.6. The number of alkyl halides is 2. The molecule has 0 aromatic heterocycles. The average Bonchev–Trinajstić information content (AvgIpc) is 3.50. The molecule has 2 amide bonds. The standard InChI is InChI=1S/C20H21F3N2O3/c1-27-17-9-4-14(10-18(17)28-19(22)23)11-24-20(26)25(16-7-8-16)12-13-2-5-15(21)6-3-13/h2-6,9-10,16,19H,7-8,11-12H2,1H3,(H,24,26). The summed E-state index contributed by atoms with van der Waals surface area (Å²) in [5.41, 5.74) is 1.43. The van der Waals surface area contributed by atoms with E-state index in [1.165, 1.54) is 31.4 Å². The number of ether oxygens (including phenoxy) is 2. The van der Waals surface area contributed by atoms with Gasteiger partial charge in [0.25, 0.3) is 0 Å². The maximum Gasteiger partial charge on any atom is 0.387 e. The summed E-state index contributed by atoms with van der Waals surface area (Å²) in [7, 11) is 1.36. The van der Waals surface area contributed by atoms with Crippen molar-refractivity contribution in [3.8, 4) is 11.5 Å². The van der Waals surface area contributed by atoms with E-state index in [0.717, 1.165) is 18.4 Å². The van der Waals surface area contributed by atoms with Crippen molar-refractivity contribution >= 4 is 6.03 Å². The lowest BCUT2D eigenvalue weighted by atomic mass is 10.2. The van der Waals surface area contributed by atoms with Crippen LogP contribution in [0.5, 0.6) is 11.5 Å². The molecule has 1 aliphatic carbocycles. The minimum atomic E-state index is -2.97. The van der Waals surface area contributed by atoms with Gasteiger partial charge < -0.3 is 19.7 Å². The normalized spacial score (nSPS) is 13.3. The molecule has 5 nitrogen and oxygen atoms in total. The third-order valence-electron chi connectivity index (χ3n) is 4.40. The molecule has 1 aliphatic rings. The van der Waals surface area contributed by atoms with E-state index in [9.17, 15) is 18.0 Å². The molecule has 0 spiro atoms. The lowest BCUT2D eigenvalue weighted by molar-refractivity contribution is -0.0512. The lowest BCUT2D eigenvalue weighted by Gasteiger charge is -2.23. The molecule has 1 fully saturated rings. The number of benzene rings is 2. The van der Waals surface area contributed by atoms with Crippen LogP contribution in [0.4, 0.5) is 18.0 Å². The van der Waals surface area contributed by atoms with Crippen molar-refractivity contribution in [1.29, 1.82) is 0 Å². The zero-order chi connectivity index (χ0) is 20.1. The molecule has 150 valence electrons. The predicted octanol–water partition coefficient (Wildman–Crippen LogP) is 4.31. The molecule has 3 rings (SSSR count). The van der Waals surface area contributed by atoms with Crippen molar-refractivity contribution in [3.63, 3.8) is 0 Å². The minimum absolute atomic E-state index is 0.0883.